The molecule has 6 heteroatoms. The summed E-state index contributed by atoms with van der Waals surface area (Å²) in [6, 6.07) is 6.10. The number of nitrogen functional groups attached to an aromatic ring is 1. The molecule has 0 bridgehead atoms. The van der Waals surface area contributed by atoms with E-state index in [1.807, 2.05) is 0 Å². The third kappa shape index (κ3) is 2.84. The van der Waals surface area contributed by atoms with E-state index in [9.17, 15) is 9.18 Å². The molecule has 0 radical (unpaired) electrons. The van der Waals surface area contributed by atoms with E-state index in [2.05, 4.69) is 26.2 Å². The SMILES string of the molecule is Nc1ccc(NC(=O)c2cncc(F)c2)cc1Br. The van der Waals surface area contributed by atoms with Crippen LogP contribution in [0.15, 0.2) is 41.1 Å². The van der Waals surface area contributed by atoms with E-state index in [1.165, 1.54) is 6.20 Å². The Bertz CT molecular complexity index is 604. The maximum absolute atomic E-state index is 12.9. The summed E-state index contributed by atoms with van der Waals surface area (Å²) in [4.78, 5) is 15.4. The van der Waals surface area contributed by atoms with Crippen molar-refractivity contribution in [2.75, 3.05) is 11.1 Å². The van der Waals surface area contributed by atoms with Crippen molar-refractivity contribution in [3.63, 3.8) is 0 Å². The Morgan fingerprint density at radius 2 is 2.11 bits per heavy atom. The molecule has 0 saturated heterocycles. The van der Waals surface area contributed by atoms with Crippen LogP contribution in [-0.2, 0) is 0 Å². The van der Waals surface area contributed by atoms with Gasteiger partial charge in [0.15, 0.2) is 0 Å². The lowest BCUT2D eigenvalue weighted by molar-refractivity contribution is 0.102. The zero-order chi connectivity index (χ0) is 13.1. The second-order valence-electron chi connectivity index (χ2n) is 3.58. The van der Waals surface area contributed by atoms with Crippen LogP contribution in [-0.4, -0.2) is 10.9 Å². The van der Waals surface area contributed by atoms with Gasteiger partial charge in [0.2, 0.25) is 0 Å². The summed E-state index contributed by atoms with van der Waals surface area (Å²) in [7, 11) is 0. The van der Waals surface area contributed by atoms with Gasteiger partial charge in [-0.1, -0.05) is 0 Å². The molecule has 1 aromatic heterocycles. The molecule has 0 saturated carbocycles. The Hall–Kier alpha value is -1.95. The third-order valence-corrected chi connectivity index (χ3v) is 2.91. The van der Waals surface area contributed by atoms with E-state index in [-0.39, 0.29) is 5.56 Å². The van der Waals surface area contributed by atoms with Crippen LogP contribution in [0.5, 0.6) is 0 Å². The second kappa shape index (κ2) is 5.14. The zero-order valence-electron chi connectivity index (χ0n) is 9.15. The molecule has 92 valence electrons. The number of anilines is 2. The van der Waals surface area contributed by atoms with Gasteiger partial charge in [-0.2, -0.15) is 0 Å². The molecule has 1 heterocycles. The van der Waals surface area contributed by atoms with Crippen LogP contribution in [0.1, 0.15) is 10.4 Å². The fraction of sp³-hybridized carbons (Fsp3) is 0. The summed E-state index contributed by atoms with van der Waals surface area (Å²) in [6.45, 7) is 0. The van der Waals surface area contributed by atoms with Crippen LogP contribution in [0.2, 0.25) is 0 Å². The topological polar surface area (TPSA) is 68.0 Å². The Morgan fingerprint density at radius 3 is 2.78 bits per heavy atom. The van der Waals surface area contributed by atoms with Gasteiger partial charge < -0.3 is 11.1 Å². The van der Waals surface area contributed by atoms with Gasteiger partial charge in [0, 0.05) is 22.0 Å². The summed E-state index contributed by atoms with van der Waals surface area (Å²) in [6.07, 6.45) is 2.33. The Kier molecular flexibility index (Phi) is 3.57. The highest BCUT2D eigenvalue weighted by Gasteiger charge is 2.08. The predicted molar refractivity (Wildman–Crippen MR) is 70.7 cm³/mol. The number of amides is 1. The molecule has 0 aliphatic rings. The fourth-order valence-electron chi connectivity index (χ4n) is 1.34. The van der Waals surface area contributed by atoms with Gasteiger partial charge in [-0.05, 0) is 40.2 Å². The van der Waals surface area contributed by atoms with Crippen molar-refractivity contribution in [2.24, 2.45) is 0 Å². The maximum atomic E-state index is 12.9. The van der Waals surface area contributed by atoms with Crippen molar-refractivity contribution in [3.8, 4) is 0 Å². The van der Waals surface area contributed by atoms with Crippen LogP contribution in [0.3, 0.4) is 0 Å². The van der Waals surface area contributed by atoms with Crippen molar-refractivity contribution in [3.05, 3.63) is 52.5 Å². The minimum Gasteiger partial charge on any atom is -0.398 e. The number of hydrogen-bond acceptors (Lipinski definition) is 3. The molecule has 0 atom stereocenters. The quantitative estimate of drug-likeness (QED) is 0.838. The average Bonchev–Trinajstić information content (AvgIpc) is 2.34. The lowest BCUT2D eigenvalue weighted by atomic mass is 10.2. The fourth-order valence-corrected chi connectivity index (χ4v) is 1.72. The molecular weight excluding hydrogens is 301 g/mol. The van der Waals surface area contributed by atoms with Gasteiger partial charge in [-0.25, -0.2) is 4.39 Å². The maximum Gasteiger partial charge on any atom is 0.257 e. The predicted octanol–water partition coefficient (Wildman–Crippen LogP) is 2.82. The number of hydrogen-bond donors (Lipinski definition) is 2. The van der Waals surface area contributed by atoms with Crippen LogP contribution in [0.25, 0.3) is 0 Å². The Balaban J connectivity index is 2.18. The van der Waals surface area contributed by atoms with E-state index < -0.39 is 11.7 Å². The van der Waals surface area contributed by atoms with Crippen LogP contribution in [0, 0.1) is 5.82 Å². The van der Waals surface area contributed by atoms with Gasteiger partial charge in [0.05, 0.1) is 11.8 Å². The molecule has 4 nitrogen and oxygen atoms in total. The molecule has 3 N–H and O–H groups in total. The van der Waals surface area contributed by atoms with Gasteiger partial charge >= 0.3 is 0 Å². The number of benzene rings is 1. The van der Waals surface area contributed by atoms with Crippen LogP contribution >= 0.6 is 15.9 Å². The van der Waals surface area contributed by atoms with E-state index >= 15 is 0 Å². The van der Waals surface area contributed by atoms with E-state index in [4.69, 9.17) is 5.73 Å². The summed E-state index contributed by atoms with van der Waals surface area (Å²) < 4.78 is 13.6. The van der Waals surface area contributed by atoms with Crippen LogP contribution in [0.4, 0.5) is 15.8 Å². The summed E-state index contributed by atoms with van der Waals surface area (Å²) in [5.41, 5.74) is 6.92. The van der Waals surface area contributed by atoms with Gasteiger partial charge in [0.1, 0.15) is 5.82 Å². The molecule has 0 unspecified atom stereocenters. The molecule has 0 spiro atoms. The number of pyridine rings is 1. The zero-order valence-corrected chi connectivity index (χ0v) is 10.7. The molecule has 0 aliphatic carbocycles. The molecule has 0 aliphatic heterocycles. The van der Waals surface area contributed by atoms with Crippen molar-refractivity contribution >= 4 is 33.2 Å². The molecule has 2 rings (SSSR count). The number of carbonyl (C=O) groups is 1. The number of aromatic nitrogens is 1. The lowest BCUT2D eigenvalue weighted by Gasteiger charge is -2.06. The second-order valence-corrected chi connectivity index (χ2v) is 4.44. The minimum atomic E-state index is -0.555. The monoisotopic (exact) mass is 309 g/mol. The number of rotatable bonds is 2. The van der Waals surface area contributed by atoms with Crippen LogP contribution < -0.4 is 11.1 Å². The van der Waals surface area contributed by atoms with Gasteiger partial charge in [-0.3, -0.25) is 9.78 Å². The van der Waals surface area contributed by atoms with Crippen molar-refractivity contribution in [2.45, 2.75) is 0 Å². The molecule has 1 aromatic carbocycles. The first-order valence-electron chi connectivity index (χ1n) is 5.03. The summed E-state index contributed by atoms with van der Waals surface area (Å²) >= 11 is 3.26. The standard InChI is InChI=1S/C12H9BrFN3O/c13-10-4-9(1-2-11(10)15)17-12(18)7-3-8(14)6-16-5-7/h1-6H,15H2,(H,17,18). The Labute approximate surface area is 111 Å². The normalized spacial score (nSPS) is 10.1. The first-order chi connectivity index (χ1) is 8.56. The summed E-state index contributed by atoms with van der Waals surface area (Å²) in [5.74, 6) is -0.986. The molecule has 2 aromatic rings. The molecule has 0 fully saturated rings. The summed E-state index contributed by atoms with van der Waals surface area (Å²) in [5, 5.41) is 2.62. The number of nitrogens with two attached hydrogens (primary N) is 1. The average molecular weight is 310 g/mol. The van der Waals surface area contributed by atoms with Crippen molar-refractivity contribution in [1.82, 2.24) is 4.98 Å². The van der Waals surface area contributed by atoms with Crippen molar-refractivity contribution in [1.29, 1.82) is 0 Å². The number of nitrogens with zero attached hydrogens (tertiary/aromatic N) is 1. The van der Waals surface area contributed by atoms with Crippen molar-refractivity contribution < 1.29 is 9.18 Å². The van der Waals surface area contributed by atoms with E-state index in [1.54, 1.807) is 18.2 Å². The first kappa shape index (κ1) is 12.5. The van der Waals surface area contributed by atoms with E-state index in [0.717, 1.165) is 12.3 Å². The van der Waals surface area contributed by atoms with Gasteiger partial charge in [0.25, 0.3) is 5.91 Å². The number of carbonyl (C=O) groups excluding carboxylic acids is 1. The molecule has 1 amide bonds. The highest BCUT2D eigenvalue weighted by Crippen LogP contribution is 2.23. The highest BCUT2D eigenvalue weighted by molar-refractivity contribution is 9.10. The van der Waals surface area contributed by atoms with Gasteiger partial charge in [-0.15, -0.1) is 0 Å². The minimum absolute atomic E-state index is 0.156. The smallest absolute Gasteiger partial charge is 0.257 e. The molecular formula is C12H9BrFN3O. The third-order valence-electron chi connectivity index (χ3n) is 2.23. The largest absolute Gasteiger partial charge is 0.398 e. The lowest BCUT2D eigenvalue weighted by Crippen LogP contribution is -2.12. The van der Waals surface area contributed by atoms with E-state index in [0.29, 0.717) is 15.8 Å². The highest BCUT2D eigenvalue weighted by atomic mass is 79.9. The Morgan fingerprint density at radius 1 is 1.33 bits per heavy atom. The number of halogens is 2. The molecule has 18 heavy (non-hydrogen) atoms. The first-order valence-corrected chi connectivity index (χ1v) is 5.82. The number of nitrogens with one attached hydrogen (secondary N) is 1.